The molecule has 0 atom stereocenters. The third-order valence-electron chi connectivity index (χ3n) is 2.44. The van der Waals surface area contributed by atoms with Crippen molar-refractivity contribution in [3.63, 3.8) is 0 Å². The first-order valence-electron chi connectivity index (χ1n) is 6.36. The molecule has 0 aliphatic heterocycles. The van der Waals surface area contributed by atoms with Gasteiger partial charge < -0.3 is 24.5 Å². The van der Waals surface area contributed by atoms with Crippen molar-refractivity contribution in [3.8, 4) is 0 Å². The van der Waals surface area contributed by atoms with Crippen molar-refractivity contribution in [3.05, 3.63) is 12.0 Å². The lowest BCUT2D eigenvalue weighted by atomic mass is 10.5. The van der Waals surface area contributed by atoms with E-state index in [1.54, 1.807) is 6.26 Å². The van der Waals surface area contributed by atoms with E-state index in [-0.39, 0.29) is 0 Å². The lowest BCUT2D eigenvalue weighted by Crippen LogP contribution is -2.31. The fourth-order valence-electron chi connectivity index (χ4n) is 1.48. The maximum absolute atomic E-state index is 5.52. The van der Waals surface area contributed by atoms with E-state index < -0.39 is 0 Å². The SMILES string of the molecule is CCOCCN(CCOCC)c1nc(CN)co1. The molecule has 0 aliphatic rings. The van der Waals surface area contributed by atoms with Crippen LogP contribution in [0.4, 0.5) is 6.01 Å². The summed E-state index contributed by atoms with van der Waals surface area (Å²) in [4.78, 5) is 6.31. The number of ether oxygens (including phenoxy) is 2. The molecule has 6 heteroatoms. The van der Waals surface area contributed by atoms with Crippen LogP contribution in [-0.4, -0.2) is 44.5 Å². The Kier molecular flexibility index (Phi) is 7.40. The van der Waals surface area contributed by atoms with Gasteiger partial charge in [-0.3, -0.25) is 0 Å². The summed E-state index contributed by atoms with van der Waals surface area (Å²) in [7, 11) is 0. The second-order valence-electron chi connectivity index (χ2n) is 3.71. The predicted octanol–water partition coefficient (Wildman–Crippen LogP) is 1.01. The Balaban J connectivity index is 2.51. The highest BCUT2D eigenvalue weighted by atomic mass is 16.5. The van der Waals surface area contributed by atoms with Gasteiger partial charge in [-0.15, -0.1) is 0 Å². The van der Waals surface area contributed by atoms with E-state index in [2.05, 4.69) is 4.98 Å². The van der Waals surface area contributed by atoms with Crippen LogP contribution in [-0.2, 0) is 16.0 Å². The molecule has 1 heterocycles. The second-order valence-corrected chi connectivity index (χ2v) is 3.71. The zero-order chi connectivity index (χ0) is 13.2. The summed E-state index contributed by atoms with van der Waals surface area (Å²) < 4.78 is 16.1. The van der Waals surface area contributed by atoms with Crippen LogP contribution in [0.2, 0.25) is 0 Å². The minimum Gasteiger partial charge on any atom is -0.432 e. The summed E-state index contributed by atoms with van der Waals surface area (Å²) in [5.74, 6) is 0. The van der Waals surface area contributed by atoms with Crippen LogP contribution < -0.4 is 10.6 Å². The Labute approximate surface area is 108 Å². The van der Waals surface area contributed by atoms with Gasteiger partial charge in [-0.05, 0) is 13.8 Å². The highest BCUT2D eigenvalue weighted by Crippen LogP contribution is 2.13. The van der Waals surface area contributed by atoms with Crippen molar-refractivity contribution in [2.24, 2.45) is 5.73 Å². The van der Waals surface area contributed by atoms with Gasteiger partial charge in [0, 0.05) is 32.8 Å². The van der Waals surface area contributed by atoms with Crippen LogP contribution in [0.25, 0.3) is 0 Å². The van der Waals surface area contributed by atoms with Crippen molar-refractivity contribution in [2.75, 3.05) is 44.4 Å². The van der Waals surface area contributed by atoms with E-state index in [9.17, 15) is 0 Å². The lowest BCUT2D eigenvalue weighted by Gasteiger charge is -2.20. The fourth-order valence-corrected chi connectivity index (χ4v) is 1.48. The number of anilines is 1. The number of nitrogens with two attached hydrogens (primary N) is 1. The van der Waals surface area contributed by atoms with E-state index in [0.29, 0.717) is 39.0 Å². The van der Waals surface area contributed by atoms with Gasteiger partial charge >= 0.3 is 0 Å². The van der Waals surface area contributed by atoms with Gasteiger partial charge in [-0.1, -0.05) is 0 Å². The molecule has 0 saturated heterocycles. The summed E-state index contributed by atoms with van der Waals surface area (Å²) in [5, 5.41) is 0. The number of rotatable bonds is 10. The Morgan fingerprint density at radius 1 is 1.22 bits per heavy atom. The maximum Gasteiger partial charge on any atom is 0.297 e. The summed E-state index contributed by atoms with van der Waals surface area (Å²) >= 11 is 0. The molecule has 0 spiro atoms. The molecule has 1 aromatic heterocycles. The first-order valence-corrected chi connectivity index (χ1v) is 6.36. The summed E-state index contributed by atoms with van der Waals surface area (Å²) in [6.45, 7) is 8.49. The average Bonchev–Trinajstić information content (AvgIpc) is 2.86. The Morgan fingerprint density at radius 3 is 2.28 bits per heavy atom. The number of oxazole rings is 1. The molecule has 0 aliphatic carbocycles. The third-order valence-corrected chi connectivity index (χ3v) is 2.44. The molecule has 0 unspecified atom stereocenters. The average molecular weight is 257 g/mol. The number of nitrogens with zero attached hydrogens (tertiary/aromatic N) is 2. The van der Waals surface area contributed by atoms with Crippen LogP contribution in [0.3, 0.4) is 0 Å². The molecule has 0 aromatic carbocycles. The van der Waals surface area contributed by atoms with E-state index in [1.807, 2.05) is 18.7 Å². The molecule has 104 valence electrons. The molecule has 0 amide bonds. The van der Waals surface area contributed by atoms with E-state index in [0.717, 1.165) is 18.8 Å². The van der Waals surface area contributed by atoms with Crippen molar-refractivity contribution in [2.45, 2.75) is 20.4 Å². The number of hydrogen-bond donors (Lipinski definition) is 1. The quantitative estimate of drug-likeness (QED) is 0.631. The topological polar surface area (TPSA) is 73.8 Å². The molecule has 18 heavy (non-hydrogen) atoms. The van der Waals surface area contributed by atoms with E-state index >= 15 is 0 Å². The van der Waals surface area contributed by atoms with Crippen molar-refractivity contribution >= 4 is 6.01 Å². The first-order chi connectivity index (χ1) is 8.81. The molecule has 0 saturated carbocycles. The number of hydrogen-bond acceptors (Lipinski definition) is 6. The molecule has 0 radical (unpaired) electrons. The van der Waals surface area contributed by atoms with Crippen LogP contribution in [0.1, 0.15) is 19.5 Å². The molecule has 2 N–H and O–H groups in total. The standard InChI is InChI=1S/C12H23N3O3/c1-3-16-7-5-15(6-8-17-4-2)12-14-11(9-13)10-18-12/h10H,3-9,13H2,1-2H3. The lowest BCUT2D eigenvalue weighted by molar-refractivity contribution is 0.140. The van der Waals surface area contributed by atoms with Gasteiger partial charge in [0.2, 0.25) is 0 Å². The van der Waals surface area contributed by atoms with Gasteiger partial charge in [0.25, 0.3) is 6.01 Å². The van der Waals surface area contributed by atoms with Gasteiger partial charge in [-0.25, -0.2) is 0 Å². The normalized spacial score (nSPS) is 10.8. The second kappa shape index (κ2) is 8.91. The van der Waals surface area contributed by atoms with Crippen LogP contribution >= 0.6 is 0 Å². The minimum atomic E-state index is 0.383. The predicted molar refractivity (Wildman–Crippen MR) is 69.6 cm³/mol. The van der Waals surface area contributed by atoms with E-state index in [1.165, 1.54) is 0 Å². The molecule has 6 nitrogen and oxygen atoms in total. The highest BCUT2D eigenvalue weighted by Gasteiger charge is 2.12. The van der Waals surface area contributed by atoms with Gasteiger partial charge in [0.05, 0.1) is 18.9 Å². The Bertz CT molecular complexity index is 307. The van der Waals surface area contributed by atoms with Crippen molar-refractivity contribution in [1.29, 1.82) is 0 Å². The highest BCUT2D eigenvalue weighted by molar-refractivity contribution is 5.26. The summed E-state index contributed by atoms with van der Waals surface area (Å²) in [5.41, 5.74) is 6.27. The summed E-state index contributed by atoms with van der Waals surface area (Å²) in [6, 6.07) is 0.579. The van der Waals surface area contributed by atoms with Crippen LogP contribution in [0, 0.1) is 0 Å². The monoisotopic (exact) mass is 257 g/mol. The fraction of sp³-hybridized carbons (Fsp3) is 0.750. The molecular formula is C12H23N3O3. The summed E-state index contributed by atoms with van der Waals surface area (Å²) in [6.07, 6.45) is 1.59. The zero-order valence-electron chi connectivity index (χ0n) is 11.2. The van der Waals surface area contributed by atoms with Gasteiger partial charge in [0.15, 0.2) is 0 Å². The largest absolute Gasteiger partial charge is 0.432 e. The first kappa shape index (κ1) is 14.9. The molecule has 0 fully saturated rings. The number of aromatic nitrogens is 1. The van der Waals surface area contributed by atoms with Gasteiger partial charge in [-0.2, -0.15) is 4.98 Å². The molecular weight excluding hydrogens is 234 g/mol. The Hall–Kier alpha value is -1.11. The Morgan fingerprint density at radius 2 is 1.83 bits per heavy atom. The molecule has 1 rings (SSSR count). The smallest absolute Gasteiger partial charge is 0.297 e. The van der Waals surface area contributed by atoms with Crippen molar-refractivity contribution in [1.82, 2.24) is 4.98 Å². The van der Waals surface area contributed by atoms with Crippen LogP contribution in [0.5, 0.6) is 0 Å². The molecule has 0 bridgehead atoms. The third kappa shape index (κ3) is 5.03. The zero-order valence-corrected chi connectivity index (χ0v) is 11.2. The van der Waals surface area contributed by atoms with Gasteiger partial charge in [0.1, 0.15) is 6.26 Å². The van der Waals surface area contributed by atoms with Crippen LogP contribution in [0.15, 0.2) is 10.7 Å². The molecule has 1 aromatic rings. The minimum absolute atomic E-state index is 0.383. The van der Waals surface area contributed by atoms with Crippen molar-refractivity contribution < 1.29 is 13.9 Å². The van der Waals surface area contributed by atoms with E-state index in [4.69, 9.17) is 19.6 Å². The maximum atomic E-state index is 5.52.